The van der Waals surface area contributed by atoms with Crippen LogP contribution in [0.4, 0.5) is 0 Å². The van der Waals surface area contributed by atoms with Crippen LogP contribution >= 0.6 is 0 Å². The number of carbonyl (C=O) groups excluding carboxylic acids is 1. The van der Waals surface area contributed by atoms with Crippen LogP contribution in [0.1, 0.15) is 137 Å². The Hall–Kier alpha value is -0.530. The largest absolute Gasteiger partial charge is 0.462 e. The molecule has 4 saturated carbocycles. The highest BCUT2D eigenvalue weighted by Gasteiger charge is 2.60. The molecular weight excluding hydrogens is 404 g/mol. The predicted molar refractivity (Wildman–Crippen MR) is 138 cm³/mol. The Labute approximate surface area is 205 Å². The fourth-order valence-electron chi connectivity index (χ4n) is 9.76. The standard InChI is InChI=1S/C31H54O2/c1-6-7-8-9-10-11-12-29(32)33-24-17-19-30(4)23(21-24)13-14-25-27-16-15-26(22(2)3)31(27,5)20-18-28(25)30/h22-28H,6-21H2,1-5H3/t23?,24?,25?,26-,27?,28?,30+,31-/m1/s1. The molecule has 4 rings (SSSR count). The van der Waals surface area contributed by atoms with Crippen molar-refractivity contribution in [3.8, 4) is 0 Å². The van der Waals surface area contributed by atoms with Gasteiger partial charge in [-0.3, -0.25) is 4.79 Å². The number of unbranched alkanes of at least 4 members (excludes halogenated alkanes) is 5. The minimum Gasteiger partial charge on any atom is -0.462 e. The highest BCUT2D eigenvalue weighted by Crippen LogP contribution is 2.68. The molecule has 0 aromatic heterocycles. The van der Waals surface area contributed by atoms with Gasteiger partial charge in [-0.05, 0) is 111 Å². The molecule has 0 N–H and O–H groups in total. The van der Waals surface area contributed by atoms with Crippen molar-refractivity contribution in [2.75, 3.05) is 0 Å². The van der Waals surface area contributed by atoms with Gasteiger partial charge in [-0.15, -0.1) is 0 Å². The smallest absolute Gasteiger partial charge is 0.306 e. The molecule has 0 amide bonds. The molecule has 0 heterocycles. The van der Waals surface area contributed by atoms with Gasteiger partial charge >= 0.3 is 5.97 Å². The molecule has 8 atom stereocenters. The van der Waals surface area contributed by atoms with Gasteiger partial charge in [0.2, 0.25) is 0 Å². The van der Waals surface area contributed by atoms with Crippen molar-refractivity contribution in [2.45, 2.75) is 143 Å². The van der Waals surface area contributed by atoms with Crippen molar-refractivity contribution in [1.29, 1.82) is 0 Å². The van der Waals surface area contributed by atoms with Gasteiger partial charge in [0.05, 0.1) is 0 Å². The first kappa shape index (κ1) is 25.6. The van der Waals surface area contributed by atoms with Gasteiger partial charge in [-0.1, -0.05) is 66.7 Å². The molecule has 0 saturated heterocycles. The summed E-state index contributed by atoms with van der Waals surface area (Å²) in [6, 6.07) is 0. The Balaban J connectivity index is 1.29. The van der Waals surface area contributed by atoms with Crippen LogP contribution in [0.15, 0.2) is 0 Å². The molecule has 2 heteroatoms. The Kier molecular flexibility index (Phi) is 8.22. The Morgan fingerprint density at radius 2 is 1.55 bits per heavy atom. The van der Waals surface area contributed by atoms with Crippen molar-refractivity contribution in [2.24, 2.45) is 46.3 Å². The quantitative estimate of drug-likeness (QED) is 0.254. The van der Waals surface area contributed by atoms with Crippen molar-refractivity contribution >= 4 is 5.97 Å². The maximum Gasteiger partial charge on any atom is 0.306 e. The molecule has 4 fully saturated rings. The summed E-state index contributed by atoms with van der Waals surface area (Å²) >= 11 is 0. The van der Waals surface area contributed by atoms with E-state index in [-0.39, 0.29) is 12.1 Å². The van der Waals surface area contributed by atoms with E-state index in [2.05, 4.69) is 34.6 Å². The first-order chi connectivity index (χ1) is 15.8. The van der Waals surface area contributed by atoms with Crippen molar-refractivity contribution < 1.29 is 9.53 Å². The first-order valence-corrected chi connectivity index (χ1v) is 15.0. The van der Waals surface area contributed by atoms with E-state index in [9.17, 15) is 4.79 Å². The van der Waals surface area contributed by atoms with Crippen LogP contribution in [0.2, 0.25) is 0 Å². The number of hydrogen-bond donors (Lipinski definition) is 0. The first-order valence-electron chi connectivity index (χ1n) is 15.0. The number of hydrogen-bond acceptors (Lipinski definition) is 2. The molecule has 0 radical (unpaired) electrons. The zero-order chi connectivity index (χ0) is 23.6. The molecule has 0 bridgehead atoms. The van der Waals surface area contributed by atoms with Gasteiger partial charge < -0.3 is 4.74 Å². The van der Waals surface area contributed by atoms with Gasteiger partial charge in [0.15, 0.2) is 0 Å². The van der Waals surface area contributed by atoms with Crippen LogP contribution < -0.4 is 0 Å². The van der Waals surface area contributed by atoms with Crippen molar-refractivity contribution in [3.05, 3.63) is 0 Å². The Morgan fingerprint density at radius 3 is 2.30 bits per heavy atom. The minimum absolute atomic E-state index is 0.0758. The third-order valence-corrected chi connectivity index (χ3v) is 11.5. The lowest BCUT2D eigenvalue weighted by molar-refractivity contribution is -0.162. The molecule has 4 aliphatic carbocycles. The molecule has 4 aliphatic rings. The summed E-state index contributed by atoms with van der Waals surface area (Å²) in [5.41, 5.74) is 1.09. The molecule has 2 nitrogen and oxygen atoms in total. The molecule has 0 spiro atoms. The number of fused-ring (bicyclic) bond motifs is 5. The van der Waals surface area contributed by atoms with E-state index in [0.29, 0.717) is 17.3 Å². The maximum absolute atomic E-state index is 12.5. The van der Waals surface area contributed by atoms with Crippen LogP contribution in [0, 0.1) is 46.3 Å². The lowest BCUT2D eigenvalue weighted by Gasteiger charge is -2.61. The van der Waals surface area contributed by atoms with Crippen LogP contribution in [-0.2, 0) is 9.53 Å². The number of carbonyl (C=O) groups is 1. The Bertz CT molecular complexity index is 655. The minimum atomic E-state index is 0.0758. The van der Waals surface area contributed by atoms with Gasteiger partial charge in [-0.2, -0.15) is 0 Å². The second kappa shape index (κ2) is 10.6. The molecule has 0 aliphatic heterocycles. The molecule has 5 unspecified atom stereocenters. The normalized spacial score (nSPS) is 42.5. The van der Waals surface area contributed by atoms with Gasteiger partial charge in [0.25, 0.3) is 0 Å². The highest BCUT2D eigenvalue weighted by molar-refractivity contribution is 5.69. The lowest BCUT2D eigenvalue weighted by atomic mass is 9.44. The second-order valence-electron chi connectivity index (χ2n) is 13.5. The summed E-state index contributed by atoms with van der Waals surface area (Å²) in [7, 11) is 0. The van der Waals surface area contributed by atoms with Gasteiger partial charge in [-0.25, -0.2) is 0 Å². The van der Waals surface area contributed by atoms with E-state index in [4.69, 9.17) is 4.74 Å². The van der Waals surface area contributed by atoms with E-state index in [1.165, 1.54) is 77.0 Å². The third kappa shape index (κ3) is 5.06. The molecule has 0 aromatic rings. The van der Waals surface area contributed by atoms with E-state index >= 15 is 0 Å². The molecule has 0 aromatic carbocycles. The van der Waals surface area contributed by atoms with Crippen LogP contribution in [0.5, 0.6) is 0 Å². The fraction of sp³-hybridized carbons (Fsp3) is 0.968. The summed E-state index contributed by atoms with van der Waals surface area (Å²) < 4.78 is 6.04. The molecule has 33 heavy (non-hydrogen) atoms. The number of ether oxygens (including phenoxy) is 1. The van der Waals surface area contributed by atoms with E-state index in [0.717, 1.165) is 54.8 Å². The van der Waals surface area contributed by atoms with Crippen LogP contribution in [0.25, 0.3) is 0 Å². The lowest BCUT2D eigenvalue weighted by Crippen LogP contribution is -2.54. The average Bonchev–Trinajstić information content (AvgIpc) is 3.14. The zero-order valence-electron chi connectivity index (χ0n) is 22.7. The van der Waals surface area contributed by atoms with Gasteiger partial charge in [0.1, 0.15) is 6.10 Å². The zero-order valence-corrected chi connectivity index (χ0v) is 22.7. The number of rotatable bonds is 9. The monoisotopic (exact) mass is 458 g/mol. The summed E-state index contributed by atoms with van der Waals surface area (Å²) in [5.74, 6) is 5.47. The van der Waals surface area contributed by atoms with Crippen molar-refractivity contribution in [1.82, 2.24) is 0 Å². The predicted octanol–water partition coefficient (Wildman–Crippen LogP) is 8.96. The summed E-state index contributed by atoms with van der Waals surface area (Å²) in [6.07, 6.45) is 20.4. The SMILES string of the molecule is CCCCCCCCC(=O)OC1CC[C@@]2(C)C(CCC3C2CC[C@@]2(C)C3CC[C@@H]2C(C)C)C1. The third-order valence-electron chi connectivity index (χ3n) is 11.5. The van der Waals surface area contributed by atoms with Crippen LogP contribution in [0.3, 0.4) is 0 Å². The van der Waals surface area contributed by atoms with E-state index in [1.807, 2.05) is 0 Å². The Morgan fingerprint density at radius 1 is 0.848 bits per heavy atom. The van der Waals surface area contributed by atoms with Gasteiger partial charge in [0, 0.05) is 6.42 Å². The van der Waals surface area contributed by atoms with Crippen LogP contribution in [-0.4, -0.2) is 12.1 Å². The average molecular weight is 459 g/mol. The number of esters is 1. The summed E-state index contributed by atoms with van der Waals surface area (Å²) in [5, 5.41) is 0. The molecular formula is C31H54O2. The fourth-order valence-corrected chi connectivity index (χ4v) is 9.76. The van der Waals surface area contributed by atoms with E-state index < -0.39 is 0 Å². The summed E-state index contributed by atoms with van der Waals surface area (Å²) in [4.78, 5) is 12.5. The van der Waals surface area contributed by atoms with Crippen molar-refractivity contribution in [3.63, 3.8) is 0 Å². The van der Waals surface area contributed by atoms with E-state index in [1.54, 1.807) is 0 Å². The topological polar surface area (TPSA) is 26.3 Å². The maximum atomic E-state index is 12.5. The molecule has 190 valence electrons. The summed E-state index contributed by atoms with van der Waals surface area (Å²) in [6.45, 7) is 12.5. The highest BCUT2D eigenvalue weighted by atomic mass is 16.5. The second-order valence-corrected chi connectivity index (χ2v) is 13.5.